The number of aromatic nitrogens is 4. The average molecular weight is 456 g/mol. The van der Waals surface area contributed by atoms with Crippen LogP contribution >= 0.6 is 0 Å². The van der Waals surface area contributed by atoms with Crippen LogP contribution in [-0.2, 0) is 0 Å². The summed E-state index contributed by atoms with van der Waals surface area (Å²) < 4.78 is 1.55. The first-order valence-electron chi connectivity index (χ1n) is 11.8. The summed E-state index contributed by atoms with van der Waals surface area (Å²) in [5.74, 6) is 0.257. The molecule has 7 nitrogen and oxygen atoms in total. The first-order chi connectivity index (χ1) is 16.4. The number of nitrogen functional groups attached to an aromatic ring is 1. The van der Waals surface area contributed by atoms with Crippen molar-refractivity contribution in [3.63, 3.8) is 0 Å². The molecule has 3 heterocycles. The molecule has 0 saturated heterocycles. The van der Waals surface area contributed by atoms with Gasteiger partial charge in [0.2, 0.25) is 0 Å². The molecule has 34 heavy (non-hydrogen) atoms. The first kappa shape index (κ1) is 22.2. The highest BCUT2D eigenvalue weighted by molar-refractivity contribution is 6.00. The van der Waals surface area contributed by atoms with Crippen molar-refractivity contribution in [2.24, 2.45) is 0 Å². The molecule has 7 heteroatoms. The molecule has 4 aromatic rings. The van der Waals surface area contributed by atoms with Gasteiger partial charge in [-0.1, -0.05) is 43.3 Å². The number of nitrogens with zero attached hydrogens (tertiary/aromatic N) is 4. The van der Waals surface area contributed by atoms with E-state index in [-0.39, 0.29) is 11.7 Å². The molecule has 0 spiro atoms. The van der Waals surface area contributed by atoms with E-state index < -0.39 is 5.60 Å². The normalized spacial score (nSPS) is 20.5. The van der Waals surface area contributed by atoms with E-state index in [0.717, 1.165) is 41.6 Å². The lowest BCUT2D eigenvalue weighted by atomic mass is 9.75. The van der Waals surface area contributed by atoms with Crippen molar-refractivity contribution < 1.29 is 9.90 Å². The van der Waals surface area contributed by atoms with E-state index in [1.54, 1.807) is 10.7 Å². The number of carbonyl (C=O) groups is 1. The largest absolute Gasteiger partial charge is 0.390 e. The van der Waals surface area contributed by atoms with Crippen LogP contribution < -0.4 is 5.73 Å². The molecule has 1 saturated carbocycles. The Morgan fingerprint density at radius 1 is 1.12 bits per heavy atom. The Morgan fingerprint density at radius 3 is 2.47 bits per heavy atom. The van der Waals surface area contributed by atoms with Gasteiger partial charge >= 0.3 is 0 Å². The first-order valence-corrected chi connectivity index (χ1v) is 11.8. The second-order valence-corrected chi connectivity index (χ2v) is 9.26. The van der Waals surface area contributed by atoms with E-state index >= 15 is 0 Å². The highest BCUT2D eigenvalue weighted by Gasteiger charge is 2.35. The summed E-state index contributed by atoms with van der Waals surface area (Å²) in [5.41, 5.74) is 11.2. The Labute approximate surface area is 198 Å². The lowest BCUT2D eigenvalue weighted by molar-refractivity contribution is -0.00451. The number of hydrogen-bond acceptors (Lipinski definition) is 6. The molecule has 1 aromatic carbocycles. The summed E-state index contributed by atoms with van der Waals surface area (Å²) in [5, 5.41) is 15.1. The number of pyridine rings is 1. The lowest BCUT2D eigenvalue weighted by Gasteiger charge is -2.35. The maximum absolute atomic E-state index is 12.6. The highest BCUT2D eigenvalue weighted by atomic mass is 16.3. The van der Waals surface area contributed by atoms with Crippen molar-refractivity contribution in [2.75, 3.05) is 5.73 Å². The zero-order valence-corrected chi connectivity index (χ0v) is 19.5. The molecule has 3 aromatic heterocycles. The molecule has 0 atom stereocenters. The van der Waals surface area contributed by atoms with E-state index in [9.17, 15) is 9.90 Å². The standard InChI is InChI=1S/C27H29N5O2/c1-3-27(34)13-11-19(12-14-27)24-23(17(2)33)25(28)32-26(31-24)21(16-30-32)20-9-10-22(29-15-20)18-7-5-4-6-8-18/h4-10,15-16,19,34H,3,11-14,28H2,1-2H3/t19-,27-. The van der Waals surface area contributed by atoms with Gasteiger partial charge in [-0.15, -0.1) is 0 Å². The molecule has 0 radical (unpaired) electrons. The summed E-state index contributed by atoms with van der Waals surface area (Å²) in [4.78, 5) is 22.2. The Balaban J connectivity index is 1.57. The van der Waals surface area contributed by atoms with E-state index in [2.05, 4.69) is 10.1 Å². The topological polar surface area (TPSA) is 106 Å². The molecule has 1 aliphatic rings. The molecular formula is C27H29N5O2. The molecular weight excluding hydrogens is 426 g/mol. The predicted octanol–water partition coefficient (Wildman–Crippen LogP) is 5.04. The smallest absolute Gasteiger partial charge is 0.165 e. The zero-order valence-electron chi connectivity index (χ0n) is 19.5. The Kier molecular flexibility index (Phi) is 5.65. The number of Topliss-reactive ketones (excluding diaryl/α,β-unsaturated/α-hetero) is 1. The van der Waals surface area contributed by atoms with Gasteiger partial charge in [0.1, 0.15) is 5.82 Å². The van der Waals surface area contributed by atoms with Crippen LogP contribution in [0.5, 0.6) is 0 Å². The minimum absolute atomic E-state index is 0.0688. The van der Waals surface area contributed by atoms with Crippen molar-refractivity contribution in [2.45, 2.75) is 57.5 Å². The zero-order chi connectivity index (χ0) is 23.9. The van der Waals surface area contributed by atoms with Crippen LogP contribution in [-0.4, -0.2) is 36.1 Å². The van der Waals surface area contributed by atoms with Crippen molar-refractivity contribution in [1.29, 1.82) is 0 Å². The number of anilines is 1. The SMILES string of the molecule is CC[C@]1(O)CC[C@H](c2nc3c(-c4ccc(-c5ccccc5)nc4)cnn3c(N)c2C(C)=O)CC1. The van der Waals surface area contributed by atoms with Crippen LogP contribution in [0.4, 0.5) is 5.82 Å². The summed E-state index contributed by atoms with van der Waals surface area (Å²) >= 11 is 0. The molecule has 1 fully saturated rings. The quantitative estimate of drug-likeness (QED) is 0.408. The van der Waals surface area contributed by atoms with E-state index in [0.29, 0.717) is 35.6 Å². The minimum atomic E-state index is -0.628. The Bertz CT molecular complexity index is 1340. The lowest BCUT2D eigenvalue weighted by Crippen LogP contribution is -2.33. The monoisotopic (exact) mass is 455 g/mol. The number of aliphatic hydroxyl groups is 1. The van der Waals surface area contributed by atoms with Gasteiger partial charge in [0.15, 0.2) is 11.4 Å². The third-order valence-electron chi connectivity index (χ3n) is 7.17. The summed E-state index contributed by atoms with van der Waals surface area (Å²) in [6.45, 7) is 3.53. The van der Waals surface area contributed by atoms with Crippen molar-refractivity contribution in [1.82, 2.24) is 19.6 Å². The summed E-state index contributed by atoms with van der Waals surface area (Å²) in [7, 11) is 0. The molecule has 174 valence electrons. The van der Waals surface area contributed by atoms with Crippen molar-refractivity contribution in [3.8, 4) is 22.4 Å². The third-order valence-corrected chi connectivity index (χ3v) is 7.17. The molecule has 0 unspecified atom stereocenters. The van der Waals surface area contributed by atoms with Crippen LogP contribution in [0.1, 0.15) is 67.9 Å². The number of fused-ring (bicyclic) bond motifs is 1. The second kappa shape index (κ2) is 8.65. The van der Waals surface area contributed by atoms with Crippen LogP contribution in [0.2, 0.25) is 0 Å². The molecule has 5 rings (SSSR count). The van der Waals surface area contributed by atoms with Crippen molar-refractivity contribution in [3.05, 3.63) is 66.1 Å². The van der Waals surface area contributed by atoms with Gasteiger partial charge in [0.05, 0.1) is 28.7 Å². The van der Waals surface area contributed by atoms with Crippen LogP contribution in [0.25, 0.3) is 28.0 Å². The molecule has 1 aliphatic carbocycles. The molecule has 0 aliphatic heterocycles. The van der Waals surface area contributed by atoms with Gasteiger partial charge < -0.3 is 10.8 Å². The fourth-order valence-corrected chi connectivity index (χ4v) is 5.01. The average Bonchev–Trinajstić information content (AvgIpc) is 3.29. The Morgan fingerprint density at radius 2 is 1.85 bits per heavy atom. The maximum Gasteiger partial charge on any atom is 0.165 e. The Hall–Kier alpha value is -3.58. The number of rotatable bonds is 5. The molecule has 0 bridgehead atoms. The predicted molar refractivity (Wildman–Crippen MR) is 133 cm³/mol. The maximum atomic E-state index is 12.6. The number of benzene rings is 1. The fraction of sp³-hybridized carbons (Fsp3) is 0.333. The van der Waals surface area contributed by atoms with Gasteiger partial charge in [-0.05, 0) is 45.1 Å². The number of carbonyl (C=O) groups excluding carboxylic acids is 1. The van der Waals surface area contributed by atoms with Gasteiger partial charge in [-0.25, -0.2) is 4.98 Å². The van der Waals surface area contributed by atoms with Crippen LogP contribution in [0.3, 0.4) is 0 Å². The van der Waals surface area contributed by atoms with E-state index in [1.807, 2.05) is 55.6 Å². The highest BCUT2D eigenvalue weighted by Crippen LogP contribution is 2.41. The van der Waals surface area contributed by atoms with E-state index in [1.165, 1.54) is 6.92 Å². The summed E-state index contributed by atoms with van der Waals surface area (Å²) in [6.07, 6.45) is 7.19. The van der Waals surface area contributed by atoms with Gasteiger partial charge in [-0.2, -0.15) is 9.61 Å². The number of nitrogens with two attached hydrogens (primary N) is 1. The minimum Gasteiger partial charge on any atom is -0.390 e. The van der Waals surface area contributed by atoms with Gasteiger partial charge in [0, 0.05) is 28.8 Å². The number of hydrogen-bond donors (Lipinski definition) is 2. The second-order valence-electron chi connectivity index (χ2n) is 9.26. The van der Waals surface area contributed by atoms with Crippen molar-refractivity contribution >= 4 is 17.2 Å². The molecule has 0 amide bonds. The van der Waals surface area contributed by atoms with Gasteiger partial charge in [-0.3, -0.25) is 9.78 Å². The third kappa shape index (κ3) is 3.86. The van der Waals surface area contributed by atoms with E-state index in [4.69, 9.17) is 10.7 Å². The van der Waals surface area contributed by atoms with Crippen LogP contribution in [0, 0.1) is 0 Å². The fourth-order valence-electron chi connectivity index (χ4n) is 5.01. The van der Waals surface area contributed by atoms with Crippen LogP contribution in [0.15, 0.2) is 54.9 Å². The summed E-state index contributed by atoms with van der Waals surface area (Å²) in [6, 6.07) is 14.0. The number of ketones is 1. The van der Waals surface area contributed by atoms with Gasteiger partial charge in [0.25, 0.3) is 0 Å². The molecule has 3 N–H and O–H groups in total.